The largest absolute Gasteiger partial charge is 0.412 e. The summed E-state index contributed by atoms with van der Waals surface area (Å²) in [6.07, 6.45) is 10.8. The Hall–Kier alpha value is -1.65. The van der Waals surface area contributed by atoms with Crippen molar-refractivity contribution in [3.8, 4) is 0 Å². The third kappa shape index (κ3) is 7.22. The monoisotopic (exact) mass is 508 g/mol. The molecule has 200 valence electrons. The highest BCUT2D eigenvalue weighted by Crippen LogP contribution is 2.46. The summed E-state index contributed by atoms with van der Waals surface area (Å²) in [5.74, 6) is 0.813. The molecule has 0 bridgehead atoms. The van der Waals surface area contributed by atoms with E-state index in [9.17, 15) is 17.6 Å². The third-order valence-electron chi connectivity index (χ3n) is 9.46. The van der Waals surface area contributed by atoms with Crippen LogP contribution in [0.1, 0.15) is 113 Å². The van der Waals surface area contributed by atoms with Gasteiger partial charge in [0.1, 0.15) is 11.6 Å². The summed E-state index contributed by atoms with van der Waals surface area (Å²) >= 11 is 0. The molecule has 3 saturated carbocycles. The number of rotatable bonds is 7. The fourth-order valence-corrected chi connectivity index (χ4v) is 7.31. The Labute approximate surface area is 213 Å². The summed E-state index contributed by atoms with van der Waals surface area (Å²) in [4.78, 5) is 0. The summed E-state index contributed by atoms with van der Waals surface area (Å²) in [5, 5.41) is 0. The summed E-state index contributed by atoms with van der Waals surface area (Å²) in [6.45, 7) is 3.82. The van der Waals surface area contributed by atoms with Gasteiger partial charge in [0.25, 0.3) is 0 Å². The Balaban J connectivity index is 1.25. The fraction of sp³-hybridized carbons (Fsp3) is 0.677. The molecule has 0 unspecified atom stereocenters. The molecule has 0 N–H and O–H groups in total. The number of hydrogen-bond donors (Lipinski definition) is 0. The molecule has 5 heteroatoms. The predicted octanol–water partition coefficient (Wildman–Crippen LogP) is 10.6. The first-order valence-electron chi connectivity index (χ1n) is 14.1. The second kappa shape index (κ2) is 12.3. The highest BCUT2D eigenvalue weighted by molar-refractivity contribution is 5.30. The van der Waals surface area contributed by atoms with Crippen molar-refractivity contribution >= 4 is 0 Å². The van der Waals surface area contributed by atoms with Crippen molar-refractivity contribution in [2.75, 3.05) is 0 Å². The van der Waals surface area contributed by atoms with Gasteiger partial charge in [0.15, 0.2) is 0 Å². The molecule has 0 nitrogen and oxygen atoms in total. The zero-order valence-electron chi connectivity index (χ0n) is 21.3. The Morgan fingerprint density at radius 3 is 1.97 bits per heavy atom. The van der Waals surface area contributed by atoms with Crippen LogP contribution in [0.25, 0.3) is 0 Å². The van der Waals surface area contributed by atoms with Gasteiger partial charge in [-0.05, 0) is 137 Å². The number of alkyl halides is 3. The van der Waals surface area contributed by atoms with Crippen molar-refractivity contribution in [2.45, 2.75) is 108 Å². The first kappa shape index (κ1) is 27.4. The third-order valence-corrected chi connectivity index (χ3v) is 9.46. The average Bonchev–Trinajstić information content (AvgIpc) is 2.87. The molecule has 0 radical (unpaired) electrons. The van der Waals surface area contributed by atoms with E-state index in [2.05, 4.69) is 12.6 Å². The van der Waals surface area contributed by atoms with Gasteiger partial charge in [-0.25, -0.2) is 8.78 Å². The van der Waals surface area contributed by atoms with Crippen molar-refractivity contribution in [3.63, 3.8) is 0 Å². The summed E-state index contributed by atoms with van der Waals surface area (Å²) < 4.78 is 66.5. The molecule has 0 atom stereocenters. The normalized spacial score (nSPS) is 32.3. The van der Waals surface area contributed by atoms with Crippen LogP contribution in [0.3, 0.4) is 0 Å². The molecular weight excluding hydrogens is 467 g/mol. The number of benzene rings is 1. The lowest BCUT2D eigenvalue weighted by atomic mass is 9.68. The highest BCUT2D eigenvalue weighted by Gasteiger charge is 2.35. The lowest BCUT2D eigenvalue weighted by molar-refractivity contribution is -0.0821. The van der Waals surface area contributed by atoms with Crippen LogP contribution >= 0.6 is 0 Å². The number of allylic oxidation sites excluding steroid dienone is 3. The van der Waals surface area contributed by atoms with Gasteiger partial charge in [0.2, 0.25) is 0 Å². The standard InChI is InChI=1S/C31H41F5/c1-2-3-4-21-5-7-24(8-6-21)27-17-18-28(29(32)19-27)25-13-9-22(10-14-25)23-11-15-26(16-12-23)30(33)20-31(34,35)36/h2,17-26H,1,3-16H2. The molecule has 0 heterocycles. The van der Waals surface area contributed by atoms with Gasteiger partial charge in [0.05, 0.1) is 6.08 Å². The lowest BCUT2D eigenvalue weighted by Gasteiger charge is -2.38. The lowest BCUT2D eigenvalue weighted by Crippen LogP contribution is -2.26. The van der Waals surface area contributed by atoms with Crippen LogP contribution in [0.4, 0.5) is 22.0 Å². The van der Waals surface area contributed by atoms with Crippen molar-refractivity contribution in [2.24, 2.45) is 23.7 Å². The molecule has 3 aliphatic rings. The van der Waals surface area contributed by atoms with E-state index in [1.807, 2.05) is 12.1 Å². The minimum atomic E-state index is -4.59. The Morgan fingerprint density at radius 1 is 0.833 bits per heavy atom. The Kier molecular flexibility index (Phi) is 9.33. The minimum Gasteiger partial charge on any atom is -0.212 e. The molecule has 0 saturated heterocycles. The van der Waals surface area contributed by atoms with Crippen LogP contribution in [0.2, 0.25) is 0 Å². The van der Waals surface area contributed by atoms with E-state index >= 15 is 4.39 Å². The van der Waals surface area contributed by atoms with E-state index in [1.54, 1.807) is 6.07 Å². The molecule has 1 aromatic rings. The van der Waals surface area contributed by atoms with E-state index < -0.39 is 17.9 Å². The molecule has 0 aliphatic heterocycles. The number of hydrogen-bond acceptors (Lipinski definition) is 0. The van der Waals surface area contributed by atoms with Crippen LogP contribution in [0.5, 0.6) is 0 Å². The van der Waals surface area contributed by atoms with Crippen molar-refractivity contribution in [3.05, 3.63) is 59.7 Å². The summed E-state index contributed by atoms with van der Waals surface area (Å²) in [6, 6.07) is 5.98. The molecular formula is C31H41F5. The first-order chi connectivity index (χ1) is 17.2. The van der Waals surface area contributed by atoms with Gasteiger partial charge in [-0.3, -0.25) is 0 Å². The van der Waals surface area contributed by atoms with Gasteiger partial charge in [-0.15, -0.1) is 6.58 Å². The second-order valence-corrected chi connectivity index (χ2v) is 11.7. The van der Waals surface area contributed by atoms with E-state index in [-0.39, 0.29) is 17.8 Å². The smallest absolute Gasteiger partial charge is 0.212 e. The van der Waals surface area contributed by atoms with Gasteiger partial charge in [-0.1, -0.05) is 18.2 Å². The van der Waals surface area contributed by atoms with E-state index in [0.717, 1.165) is 74.8 Å². The van der Waals surface area contributed by atoms with E-state index in [4.69, 9.17) is 0 Å². The topological polar surface area (TPSA) is 0 Å². The highest BCUT2D eigenvalue weighted by atomic mass is 19.4. The average molecular weight is 509 g/mol. The van der Waals surface area contributed by atoms with Crippen LogP contribution in [0.15, 0.2) is 42.8 Å². The van der Waals surface area contributed by atoms with Crippen LogP contribution in [0, 0.1) is 29.5 Å². The van der Waals surface area contributed by atoms with Gasteiger partial charge >= 0.3 is 6.18 Å². The maximum Gasteiger partial charge on any atom is 0.412 e. The van der Waals surface area contributed by atoms with Crippen molar-refractivity contribution < 1.29 is 22.0 Å². The molecule has 0 amide bonds. The quantitative estimate of drug-likeness (QED) is 0.254. The molecule has 0 spiro atoms. The molecule has 3 aliphatic carbocycles. The van der Waals surface area contributed by atoms with Crippen LogP contribution in [-0.4, -0.2) is 6.18 Å². The summed E-state index contributed by atoms with van der Waals surface area (Å²) in [7, 11) is 0. The fourth-order valence-electron chi connectivity index (χ4n) is 7.31. The Morgan fingerprint density at radius 2 is 1.42 bits per heavy atom. The predicted molar refractivity (Wildman–Crippen MR) is 136 cm³/mol. The van der Waals surface area contributed by atoms with Crippen LogP contribution in [-0.2, 0) is 0 Å². The second-order valence-electron chi connectivity index (χ2n) is 11.7. The Bertz CT molecular complexity index is 877. The zero-order valence-corrected chi connectivity index (χ0v) is 21.3. The molecule has 4 rings (SSSR count). The number of halogens is 5. The van der Waals surface area contributed by atoms with E-state index in [0.29, 0.717) is 30.6 Å². The molecule has 3 fully saturated rings. The summed E-state index contributed by atoms with van der Waals surface area (Å²) in [5.41, 5.74) is 2.00. The zero-order chi connectivity index (χ0) is 25.7. The van der Waals surface area contributed by atoms with Gasteiger partial charge in [0, 0.05) is 5.92 Å². The van der Waals surface area contributed by atoms with Gasteiger partial charge in [-0.2, -0.15) is 13.2 Å². The molecule has 1 aromatic carbocycles. The SMILES string of the molecule is C=CCCC1CCC(c2ccc(C3CCC(C4CCC(C(F)=CC(F)(F)F)CC4)CC3)c(F)c2)CC1. The van der Waals surface area contributed by atoms with Gasteiger partial charge < -0.3 is 0 Å². The maximum absolute atomic E-state index is 15.2. The van der Waals surface area contributed by atoms with Crippen molar-refractivity contribution in [1.29, 1.82) is 0 Å². The molecule has 0 aromatic heterocycles. The van der Waals surface area contributed by atoms with Crippen LogP contribution < -0.4 is 0 Å². The molecule has 36 heavy (non-hydrogen) atoms. The van der Waals surface area contributed by atoms with Crippen molar-refractivity contribution in [1.82, 2.24) is 0 Å². The minimum absolute atomic E-state index is 0.0582. The first-order valence-corrected chi connectivity index (χ1v) is 14.1. The maximum atomic E-state index is 15.2. The van der Waals surface area contributed by atoms with E-state index in [1.165, 1.54) is 19.3 Å².